The van der Waals surface area contributed by atoms with E-state index in [1.54, 1.807) is 23.9 Å². The maximum Gasteiger partial charge on any atom is 0.325 e. The third kappa shape index (κ3) is 31.0. The Hall–Kier alpha value is -2.24. The normalized spacial score (nSPS) is 17.0. The first kappa shape index (κ1) is 61.8. The van der Waals surface area contributed by atoms with Gasteiger partial charge in [0.05, 0.1) is 25.9 Å². The highest BCUT2D eigenvalue weighted by Crippen LogP contribution is 2.35. The molecule has 3 unspecified atom stereocenters. The van der Waals surface area contributed by atoms with Crippen LogP contribution in [0.5, 0.6) is 0 Å². The fraction of sp³-hybridized carbons (Fsp3) is 0.927. The van der Waals surface area contributed by atoms with E-state index >= 15 is 0 Å². The Balaban J connectivity index is 2.54. The minimum absolute atomic E-state index is 0.00508. The summed E-state index contributed by atoms with van der Waals surface area (Å²) in [6.45, 7) is 11.0. The molecule has 2 amide bonds. The highest BCUT2D eigenvalue weighted by molar-refractivity contribution is 5.84. The molecule has 3 atom stereocenters. The molecule has 0 aromatic carbocycles. The molecular weight excluding hydrogens is 831 g/mol. The molecule has 0 spiro atoms. The topological polar surface area (TPSA) is 115 Å². The van der Waals surface area contributed by atoms with Crippen LogP contribution in [0, 0.1) is 11.8 Å². The highest BCUT2D eigenvalue weighted by atomic mass is 16.7. The van der Waals surface area contributed by atoms with Gasteiger partial charge in [0.25, 0.3) is 0 Å². The summed E-state index contributed by atoms with van der Waals surface area (Å²) >= 11 is 0. The van der Waals surface area contributed by atoms with Crippen molar-refractivity contribution in [3.8, 4) is 0 Å². The van der Waals surface area contributed by atoms with Crippen molar-refractivity contribution in [2.45, 2.75) is 251 Å². The van der Waals surface area contributed by atoms with Crippen molar-refractivity contribution < 1.29 is 38.1 Å². The summed E-state index contributed by atoms with van der Waals surface area (Å²) in [7, 11) is 7.63. The molecule has 0 aliphatic carbocycles. The molecule has 0 aromatic rings. The molecule has 1 rings (SSSR count). The Bertz CT molecular complexity index is 1140. The summed E-state index contributed by atoms with van der Waals surface area (Å²) in [5.41, 5.74) is 0. The molecule has 0 N–H and O–H groups in total. The van der Waals surface area contributed by atoms with E-state index in [0.717, 1.165) is 129 Å². The lowest BCUT2D eigenvalue weighted by Gasteiger charge is -2.29. The number of amides is 2. The summed E-state index contributed by atoms with van der Waals surface area (Å²) in [4.78, 5) is 57.9. The zero-order chi connectivity index (χ0) is 48.7. The van der Waals surface area contributed by atoms with Crippen molar-refractivity contribution in [1.82, 2.24) is 14.7 Å². The molecule has 0 aromatic heterocycles. The Morgan fingerprint density at radius 3 is 1.23 bits per heavy atom. The van der Waals surface area contributed by atoms with Gasteiger partial charge in [-0.05, 0) is 84.7 Å². The number of hydrogen-bond acceptors (Lipinski definition) is 9. The second kappa shape index (κ2) is 40.6. The largest absolute Gasteiger partial charge is 0.464 e. The van der Waals surface area contributed by atoms with E-state index in [2.05, 4.69) is 46.7 Å². The molecule has 1 heterocycles. The number of nitrogens with zero attached hydrogens (tertiary/aromatic N) is 3. The third-order valence-corrected chi connectivity index (χ3v) is 13.6. The molecule has 1 saturated heterocycles. The number of carbonyl (C=O) groups is 4. The van der Waals surface area contributed by atoms with Crippen molar-refractivity contribution in [1.29, 1.82) is 0 Å². The highest BCUT2D eigenvalue weighted by Gasteiger charge is 2.40. The van der Waals surface area contributed by atoms with Gasteiger partial charge in [0.1, 0.15) is 13.1 Å². The van der Waals surface area contributed by atoms with Gasteiger partial charge in [0.15, 0.2) is 5.79 Å². The SMILES string of the molecule is CCCCCCCCC(CCCCCC)C(=O)N(C)CC(=O)OCCCCCC1(CCCCCOC(=O)CN(C)C(=O)C(CCCCCC)CCCCCCCC)OCC(CCN(C)C)O1. The molecule has 0 saturated carbocycles. The van der Waals surface area contributed by atoms with Gasteiger partial charge in [-0.2, -0.15) is 0 Å². The molecule has 0 radical (unpaired) electrons. The third-order valence-electron chi connectivity index (χ3n) is 13.6. The number of ether oxygens (including phenoxy) is 4. The number of likely N-dealkylation sites (N-methyl/N-ethyl adjacent to an activating group) is 2. The first-order chi connectivity index (χ1) is 31.9. The van der Waals surface area contributed by atoms with Crippen LogP contribution in [-0.4, -0.2) is 118 Å². The van der Waals surface area contributed by atoms with Crippen LogP contribution < -0.4 is 0 Å². The van der Waals surface area contributed by atoms with Gasteiger partial charge in [-0.25, -0.2) is 0 Å². The summed E-state index contributed by atoms with van der Waals surface area (Å²) in [6.07, 6.45) is 34.8. The number of unbranched alkanes of at least 4 members (excludes halogenated alkanes) is 20. The van der Waals surface area contributed by atoms with E-state index < -0.39 is 5.79 Å². The number of rotatable bonds is 45. The minimum atomic E-state index is -0.637. The van der Waals surface area contributed by atoms with Gasteiger partial charge < -0.3 is 33.6 Å². The van der Waals surface area contributed by atoms with E-state index in [4.69, 9.17) is 18.9 Å². The van der Waals surface area contributed by atoms with Crippen LogP contribution in [0.25, 0.3) is 0 Å². The van der Waals surface area contributed by atoms with E-state index in [1.807, 2.05) is 0 Å². The second-order valence-electron chi connectivity index (χ2n) is 20.2. The Kier molecular flexibility index (Phi) is 38.0. The minimum Gasteiger partial charge on any atom is -0.464 e. The lowest BCUT2D eigenvalue weighted by atomic mass is 9.93. The number of carbonyl (C=O) groups excluding carboxylic acids is 4. The molecular formula is C55H105N3O8. The average Bonchev–Trinajstić information content (AvgIpc) is 3.71. The summed E-state index contributed by atoms with van der Waals surface area (Å²) < 4.78 is 24.3. The van der Waals surface area contributed by atoms with Gasteiger partial charge in [-0.1, -0.05) is 156 Å². The van der Waals surface area contributed by atoms with Crippen molar-refractivity contribution >= 4 is 23.8 Å². The van der Waals surface area contributed by atoms with Crippen LogP contribution in [0.1, 0.15) is 240 Å². The second-order valence-corrected chi connectivity index (χ2v) is 20.2. The number of hydrogen-bond donors (Lipinski definition) is 0. The van der Waals surface area contributed by atoms with E-state index in [9.17, 15) is 19.2 Å². The zero-order valence-electron chi connectivity index (χ0n) is 44.4. The van der Waals surface area contributed by atoms with E-state index in [1.165, 1.54) is 89.9 Å². The van der Waals surface area contributed by atoms with Crippen molar-refractivity contribution in [2.75, 3.05) is 67.6 Å². The first-order valence-corrected chi connectivity index (χ1v) is 27.7. The molecule has 11 heteroatoms. The van der Waals surface area contributed by atoms with Gasteiger partial charge in [-0.15, -0.1) is 0 Å². The fourth-order valence-corrected chi connectivity index (χ4v) is 9.28. The zero-order valence-corrected chi connectivity index (χ0v) is 44.4. The van der Waals surface area contributed by atoms with Crippen LogP contribution in [0.3, 0.4) is 0 Å². The molecule has 388 valence electrons. The summed E-state index contributed by atoms with van der Waals surface area (Å²) in [5, 5.41) is 0. The van der Waals surface area contributed by atoms with E-state index in [-0.39, 0.29) is 54.8 Å². The first-order valence-electron chi connectivity index (χ1n) is 27.7. The van der Waals surface area contributed by atoms with Crippen LogP contribution in [-0.2, 0) is 38.1 Å². The Morgan fingerprint density at radius 2 is 0.848 bits per heavy atom. The summed E-state index contributed by atoms with van der Waals surface area (Å²) in [6, 6.07) is 0. The predicted molar refractivity (Wildman–Crippen MR) is 271 cm³/mol. The van der Waals surface area contributed by atoms with Crippen LogP contribution in [0.2, 0.25) is 0 Å². The monoisotopic (exact) mass is 936 g/mol. The maximum absolute atomic E-state index is 13.5. The van der Waals surface area contributed by atoms with Gasteiger partial charge in [0, 0.05) is 45.3 Å². The fourth-order valence-electron chi connectivity index (χ4n) is 9.28. The van der Waals surface area contributed by atoms with Crippen LogP contribution >= 0.6 is 0 Å². The lowest BCUT2D eigenvalue weighted by Crippen LogP contribution is -2.37. The number of esters is 2. The summed E-state index contributed by atoms with van der Waals surface area (Å²) in [5.74, 6) is -1.20. The quantitative estimate of drug-likeness (QED) is 0.0435. The van der Waals surface area contributed by atoms with Crippen molar-refractivity contribution in [3.05, 3.63) is 0 Å². The van der Waals surface area contributed by atoms with Gasteiger partial charge in [0.2, 0.25) is 11.8 Å². The molecule has 1 aliphatic heterocycles. The predicted octanol–water partition coefficient (Wildman–Crippen LogP) is 12.8. The molecule has 11 nitrogen and oxygen atoms in total. The average molecular weight is 936 g/mol. The van der Waals surface area contributed by atoms with Crippen molar-refractivity contribution in [3.63, 3.8) is 0 Å². The molecule has 1 aliphatic rings. The van der Waals surface area contributed by atoms with Gasteiger partial charge >= 0.3 is 11.9 Å². The molecule has 1 fully saturated rings. The van der Waals surface area contributed by atoms with Crippen molar-refractivity contribution in [2.24, 2.45) is 11.8 Å². The van der Waals surface area contributed by atoms with Crippen LogP contribution in [0.15, 0.2) is 0 Å². The Labute approximate surface area is 406 Å². The molecule has 0 bridgehead atoms. The van der Waals surface area contributed by atoms with E-state index in [0.29, 0.717) is 19.8 Å². The van der Waals surface area contributed by atoms with Crippen LogP contribution in [0.4, 0.5) is 0 Å². The Morgan fingerprint density at radius 1 is 0.500 bits per heavy atom. The standard InChI is InChI=1S/C55H105N3O8/c1-9-13-17-21-23-29-37-48(35-27-19-15-11-3)53(61)57(7)45-51(59)63-43-33-25-31-40-55(65-47-50(66-55)39-42-56(5)6)41-32-26-34-44-64-52(60)46-58(8)54(62)49(36-28-20-16-12-4)38-30-24-22-18-14-10-2/h48-50H,9-47H2,1-8H3. The smallest absolute Gasteiger partial charge is 0.325 e. The lowest BCUT2D eigenvalue weighted by molar-refractivity contribution is -0.180. The van der Waals surface area contributed by atoms with Gasteiger partial charge in [-0.3, -0.25) is 19.2 Å². The maximum atomic E-state index is 13.5. The molecule has 66 heavy (non-hydrogen) atoms.